The van der Waals surface area contributed by atoms with Crippen LogP contribution in [0, 0.1) is 11.6 Å². The van der Waals surface area contributed by atoms with Gasteiger partial charge in [-0.25, -0.2) is 18.7 Å². The molecule has 4 aromatic rings. The SMILES string of the molecule is COc1ncc(CN2CCOc3c(Cl)cc(-n4ccc5cc(F)c(F)cc54)cc3C2)cn1. The first-order chi connectivity index (χ1) is 15.5. The second-order valence-corrected chi connectivity index (χ2v) is 7.97. The van der Waals surface area contributed by atoms with E-state index in [1.807, 2.05) is 6.07 Å². The summed E-state index contributed by atoms with van der Waals surface area (Å²) in [5.41, 5.74) is 3.16. The van der Waals surface area contributed by atoms with Crippen molar-refractivity contribution in [1.29, 1.82) is 0 Å². The maximum Gasteiger partial charge on any atom is 0.316 e. The van der Waals surface area contributed by atoms with Crippen molar-refractivity contribution in [2.45, 2.75) is 13.1 Å². The molecule has 9 heteroatoms. The Kier molecular flexibility index (Phi) is 5.40. The summed E-state index contributed by atoms with van der Waals surface area (Å²) in [7, 11) is 1.53. The summed E-state index contributed by atoms with van der Waals surface area (Å²) in [6.07, 6.45) is 5.24. The van der Waals surface area contributed by atoms with Crippen LogP contribution in [0.1, 0.15) is 11.1 Å². The largest absolute Gasteiger partial charge is 0.490 e. The minimum absolute atomic E-state index is 0.324. The molecular weight excluding hydrogens is 438 g/mol. The third-order valence-electron chi connectivity index (χ3n) is 5.43. The molecule has 2 aromatic heterocycles. The number of nitrogens with zero attached hydrogens (tertiary/aromatic N) is 4. The van der Waals surface area contributed by atoms with Gasteiger partial charge in [-0.15, -0.1) is 0 Å². The first-order valence-electron chi connectivity index (χ1n) is 10.0. The van der Waals surface area contributed by atoms with Gasteiger partial charge in [-0.2, -0.15) is 0 Å². The number of hydrogen-bond acceptors (Lipinski definition) is 5. The highest BCUT2D eigenvalue weighted by atomic mass is 35.5. The summed E-state index contributed by atoms with van der Waals surface area (Å²) in [4.78, 5) is 10.5. The maximum absolute atomic E-state index is 13.9. The van der Waals surface area contributed by atoms with Gasteiger partial charge in [0.15, 0.2) is 11.6 Å². The van der Waals surface area contributed by atoms with Crippen LogP contribution in [0.25, 0.3) is 16.6 Å². The Morgan fingerprint density at radius 2 is 1.91 bits per heavy atom. The molecule has 0 saturated carbocycles. The predicted molar refractivity (Wildman–Crippen MR) is 116 cm³/mol. The first-order valence-corrected chi connectivity index (χ1v) is 10.4. The smallest absolute Gasteiger partial charge is 0.316 e. The van der Waals surface area contributed by atoms with E-state index in [-0.39, 0.29) is 0 Å². The summed E-state index contributed by atoms with van der Waals surface area (Å²) in [6, 6.07) is 8.18. The van der Waals surface area contributed by atoms with Gasteiger partial charge in [0.25, 0.3) is 0 Å². The van der Waals surface area contributed by atoms with Gasteiger partial charge in [0.1, 0.15) is 12.4 Å². The molecule has 0 amide bonds. The lowest BCUT2D eigenvalue weighted by Gasteiger charge is -2.19. The van der Waals surface area contributed by atoms with Gasteiger partial charge in [-0.1, -0.05) is 11.6 Å². The van der Waals surface area contributed by atoms with Crippen LogP contribution in [-0.4, -0.2) is 39.7 Å². The summed E-state index contributed by atoms with van der Waals surface area (Å²) in [5.74, 6) is -1.13. The zero-order valence-electron chi connectivity index (χ0n) is 17.2. The number of rotatable bonds is 4. The van der Waals surface area contributed by atoms with Crippen molar-refractivity contribution in [2.75, 3.05) is 20.3 Å². The molecule has 5 rings (SSSR count). The minimum atomic E-state index is -0.894. The Morgan fingerprint density at radius 3 is 2.69 bits per heavy atom. The third-order valence-corrected chi connectivity index (χ3v) is 5.71. The lowest BCUT2D eigenvalue weighted by atomic mass is 10.1. The van der Waals surface area contributed by atoms with Gasteiger partial charge in [-0.3, -0.25) is 4.90 Å². The molecule has 3 heterocycles. The first kappa shape index (κ1) is 20.7. The monoisotopic (exact) mass is 456 g/mol. The Morgan fingerprint density at radius 1 is 1.12 bits per heavy atom. The van der Waals surface area contributed by atoms with Crippen LogP contribution in [-0.2, 0) is 13.1 Å². The average molecular weight is 457 g/mol. The van der Waals surface area contributed by atoms with Gasteiger partial charge in [0.05, 0.1) is 17.6 Å². The molecule has 2 aromatic carbocycles. The van der Waals surface area contributed by atoms with Crippen LogP contribution in [0.15, 0.2) is 48.9 Å². The predicted octanol–water partition coefficient (Wildman–Crippen LogP) is 4.76. The number of hydrogen-bond donors (Lipinski definition) is 0. The minimum Gasteiger partial charge on any atom is -0.490 e. The van der Waals surface area contributed by atoms with Gasteiger partial charge >= 0.3 is 6.01 Å². The third kappa shape index (κ3) is 3.87. The highest BCUT2D eigenvalue weighted by molar-refractivity contribution is 6.32. The average Bonchev–Trinajstić information content (AvgIpc) is 3.06. The van der Waals surface area contributed by atoms with E-state index in [2.05, 4.69) is 14.9 Å². The number of fused-ring (bicyclic) bond motifs is 2. The van der Waals surface area contributed by atoms with Crippen molar-refractivity contribution in [3.05, 3.63) is 76.7 Å². The Labute approximate surface area is 188 Å². The van der Waals surface area contributed by atoms with Crippen molar-refractivity contribution in [2.24, 2.45) is 0 Å². The van der Waals surface area contributed by atoms with Gasteiger partial charge in [0.2, 0.25) is 0 Å². The Hall–Kier alpha value is -3.23. The van der Waals surface area contributed by atoms with Crippen molar-refractivity contribution in [3.63, 3.8) is 0 Å². The van der Waals surface area contributed by atoms with E-state index in [1.165, 1.54) is 19.2 Å². The van der Waals surface area contributed by atoms with E-state index >= 15 is 0 Å². The normalized spacial score (nSPS) is 14.1. The summed E-state index contributed by atoms with van der Waals surface area (Å²) >= 11 is 6.56. The Bertz CT molecular complexity index is 1290. The summed E-state index contributed by atoms with van der Waals surface area (Å²) in [6.45, 7) is 2.41. The Balaban J connectivity index is 1.48. The topological polar surface area (TPSA) is 52.4 Å². The number of benzene rings is 2. The zero-order chi connectivity index (χ0) is 22.2. The molecule has 0 bridgehead atoms. The van der Waals surface area contributed by atoms with E-state index in [0.717, 1.165) is 16.8 Å². The van der Waals surface area contributed by atoms with Crippen molar-refractivity contribution >= 4 is 22.5 Å². The molecule has 0 aliphatic carbocycles. The van der Waals surface area contributed by atoms with E-state index in [1.54, 1.807) is 35.3 Å². The van der Waals surface area contributed by atoms with Gasteiger partial charge in [0, 0.05) is 66.5 Å². The fourth-order valence-corrected chi connectivity index (χ4v) is 4.21. The fraction of sp³-hybridized carbons (Fsp3) is 0.217. The molecule has 6 nitrogen and oxygen atoms in total. The highest BCUT2D eigenvalue weighted by Gasteiger charge is 2.20. The second kappa shape index (κ2) is 8.37. The highest BCUT2D eigenvalue weighted by Crippen LogP contribution is 2.35. The number of methoxy groups -OCH3 is 1. The summed E-state index contributed by atoms with van der Waals surface area (Å²) < 4.78 is 40.2. The van der Waals surface area contributed by atoms with Crippen LogP contribution in [0.2, 0.25) is 5.02 Å². The van der Waals surface area contributed by atoms with Crippen LogP contribution in [0.5, 0.6) is 11.8 Å². The van der Waals surface area contributed by atoms with E-state index in [0.29, 0.717) is 53.9 Å². The lowest BCUT2D eigenvalue weighted by Crippen LogP contribution is -2.25. The van der Waals surface area contributed by atoms with Crippen LogP contribution < -0.4 is 9.47 Å². The molecular formula is C23H19ClF2N4O2. The molecule has 1 aliphatic rings. The molecule has 0 fully saturated rings. The van der Waals surface area contributed by atoms with E-state index in [4.69, 9.17) is 21.1 Å². The molecule has 0 radical (unpaired) electrons. The maximum atomic E-state index is 13.9. The quantitative estimate of drug-likeness (QED) is 0.443. The van der Waals surface area contributed by atoms with Crippen LogP contribution >= 0.6 is 11.6 Å². The fourth-order valence-electron chi connectivity index (χ4n) is 3.93. The number of ether oxygens (including phenoxy) is 2. The molecule has 32 heavy (non-hydrogen) atoms. The number of aromatic nitrogens is 3. The molecule has 1 aliphatic heterocycles. The summed E-state index contributed by atoms with van der Waals surface area (Å²) in [5, 5.41) is 1.07. The number of halogens is 3. The molecule has 0 spiro atoms. The van der Waals surface area contributed by atoms with Crippen LogP contribution in [0.4, 0.5) is 8.78 Å². The molecule has 0 unspecified atom stereocenters. The van der Waals surface area contributed by atoms with Crippen molar-refractivity contribution in [3.8, 4) is 17.4 Å². The van der Waals surface area contributed by atoms with E-state index < -0.39 is 11.6 Å². The van der Waals surface area contributed by atoms with E-state index in [9.17, 15) is 8.78 Å². The van der Waals surface area contributed by atoms with Gasteiger partial charge in [-0.05, 0) is 24.3 Å². The molecule has 0 saturated heterocycles. The molecule has 164 valence electrons. The second-order valence-electron chi connectivity index (χ2n) is 7.56. The zero-order valence-corrected chi connectivity index (χ0v) is 17.9. The molecule has 0 atom stereocenters. The standard InChI is InChI=1S/C23H19ClF2N4O2/c1-31-23-27-10-14(11-28-23)12-29-4-5-32-22-16(13-29)6-17(8-18(22)24)30-3-2-15-7-19(25)20(26)9-21(15)30/h2-3,6-11H,4-5,12-13H2,1H3. The lowest BCUT2D eigenvalue weighted by molar-refractivity contribution is 0.219. The van der Waals surface area contributed by atoms with Crippen LogP contribution in [0.3, 0.4) is 0 Å². The molecule has 0 N–H and O–H groups in total. The van der Waals surface area contributed by atoms with Crippen molar-refractivity contribution < 1.29 is 18.3 Å². The van der Waals surface area contributed by atoms with Gasteiger partial charge < -0.3 is 14.0 Å². The van der Waals surface area contributed by atoms with Crippen molar-refractivity contribution in [1.82, 2.24) is 19.4 Å².